The van der Waals surface area contributed by atoms with Crippen LogP contribution in [0.1, 0.15) is 21.5 Å². The number of amides is 2. The first-order chi connectivity index (χ1) is 15.4. The molecule has 0 heterocycles. The predicted octanol–water partition coefficient (Wildman–Crippen LogP) is 3.41. The fourth-order valence-corrected chi connectivity index (χ4v) is 2.98. The van der Waals surface area contributed by atoms with E-state index in [1.54, 1.807) is 66.7 Å². The molecule has 7 heteroatoms. The number of carboxylic acids is 1. The van der Waals surface area contributed by atoms with Gasteiger partial charge in [-0.3, -0.25) is 9.59 Å². The summed E-state index contributed by atoms with van der Waals surface area (Å²) in [5.74, 6) is -3.26. The highest BCUT2D eigenvalue weighted by molar-refractivity contribution is 6.06. The van der Waals surface area contributed by atoms with Crippen LogP contribution >= 0.6 is 0 Å². The summed E-state index contributed by atoms with van der Waals surface area (Å²) in [5, 5.41) is 14.5. The lowest BCUT2D eigenvalue weighted by Gasteiger charge is -2.17. The highest BCUT2D eigenvalue weighted by atomic mass is 19.1. The average molecular weight is 432 g/mol. The molecule has 1 atom stereocenters. The fourth-order valence-electron chi connectivity index (χ4n) is 2.98. The van der Waals surface area contributed by atoms with Crippen molar-refractivity contribution < 1.29 is 23.9 Å². The van der Waals surface area contributed by atoms with Crippen LogP contribution in [0.3, 0.4) is 0 Å². The van der Waals surface area contributed by atoms with Crippen molar-refractivity contribution in [2.75, 3.05) is 0 Å². The SMILES string of the molecule is O=C(NC(Cc1ccccc1)C(=O)O)C(=Cc1ccccc1F)NC(=O)c1ccccc1. The molecule has 3 aromatic rings. The van der Waals surface area contributed by atoms with Gasteiger partial charge in [-0.15, -0.1) is 0 Å². The molecule has 0 saturated carbocycles. The van der Waals surface area contributed by atoms with E-state index in [-0.39, 0.29) is 17.7 Å². The van der Waals surface area contributed by atoms with Crippen molar-refractivity contribution in [3.63, 3.8) is 0 Å². The van der Waals surface area contributed by atoms with Crippen LogP contribution in [0.5, 0.6) is 0 Å². The quantitative estimate of drug-likeness (QED) is 0.476. The number of aliphatic carboxylic acids is 1. The molecule has 0 aliphatic rings. The number of carbonyl (C=O) groups excluding carboxylic acids is 2. The van der Waals surface area contributed by atoms with E-state index in [1.165, 1.54) is 24.3 Å². The third-order valence-corrected chi connectivity index (χ3v) is 4.62. The van der Waals surface area contributed by atoms with Gasteiger partial charge in [-0.2, -0.15) is 0 Å². The first-order valence-electron chi connectivity index (χ1n) is 9.84. The van der Waals surface area contributed by atoms with E-state index < -0.39 is 29.6 Å². The molecule has 3 N–H and O–H groups in total. The molecule has 162 valence electrons. The largest absolute Gasteiger partial charge is 0.480 e. The number of carbonyl (C=O) groups is 3. The number of carboxylic acid groups (broad SMARTS) is 1. The second-order valence-corrected chi connectivity index (χ2v) is 6.95. The second kappa shape index (κ2) is 10.7. The van der Waals surface area contributed by atoms with Crippen molar-refractivity contribution in [2.45, 2.75) is 12.5 Å². The zero-order chi connectivity index (χ0) is 22.9. The van der Waals surface area contributed by atoms with E-state index in [0.29, 0.717) is 11.1 Å². The Morgan fingerprint density at radius 3 is 2.09 bits per heavy atom. The van der Waals surface area contributed by atoms with Gasteiger partial charge in [0.05, 0.1) is 0 Å². The third kappa shape index (κ3) is 6.12. The van der Waals surface area contributed by atoms with E-state index in [4.69, 9.17) is 0 Å². The number of halogens is 1. The van der Waals surface area contributed by atoms with Crippen LogP contribution in [0, 0.1) is 5.82 Å². The van der Waals surface area contributed by atoms with E-state index in [9.17, 15) is 23.9 Å². The summed E-state index contributed by atoms with van der Waals surface area (Å²) in [6.45, 7) is 0. The maximum absolute atomic E-state index is 14.2. The van der Waals surface area contributed by atoms with Crippen LogP contribution in [0.25, 0.3) is 6.08 Å². The smallest absolute Gasteiger partial charge is 0.326 e. The van der Waals surface area contributed by atoms with E-state index in [2.05, 4.69) is 10.6 Å². The predicted molar refractivity (Wildman–Crippen MR) is 118 cm³/mol. The Balaban J connectivity index is 1.87. The van der Waals surface area contributed by atoms with Gasteiger partial charge in [-0.25, -0.2) is 9.18 Å². The molecule has 0 aromatic heterocycles. The Morgan fingerprint density at radius 1 is 0.875 bits per heavy atom. The molecule has 1 unspecified atom stereocenters. The minimum atomic E-state index is -1.25. The summed E-state index contributed by atoms with van der Waals surface area (Å²) in [5.41, 5.74) is 0.802. The standard InChI is InChI=1S/C25H21FN2O4/c26-20-14-8-7-13-19(20)16-21(27-23(29)18-11-5-2-6-12-18)24(30)28-22(25(31)32)15-17-9-3-1-4-10-17/h1-14,16,22H,15H2,(H,27,29)(H,28,30)(H,31,32). The Morgan fingerprint density at radius 2 is 1.47 bits per heavy atom. The van der Waals surface area contributed by atoms with Crippen molar-refractivity contribution in [2.24, 2.45) is 0 Å². The van der Waals surface area contributed by atoms with Crippen molar-refractivity contribution >= 4 is 23.9 Å². The molecule has 0 radical (unpaired) electrons. The topological polar surface area (TPSA) is 95.5 Å². The lowest BCUT2D eigenvalue weighted by molar-refractivity contribution is -0.141. The van der Waals surface area contributed by atoms with Crippen LogP contribution < -0.4 is 10.6 Å². The molecule has 0 saturated heterocycles. The van der Waals surface area contributed by atoms with Gasteiger partial charge >= 0.3 is 5.97 Å². The van der Waals surface area contributed by atoms with Gasteiger partial charge in [0.1, 0.15) is 17.6 Å². The molecule has 0 aliphatic carbocycles. The van der Waals surface area contributed by atoms with Crippen molar-refractivity contribution in [1.82, 2.24) is 10.6 Å². The Labute approximate surface area is 184 Å². The molecule has 0 bridgehead atoms. The van der Waals surface area contributed by atoms with E-state index in [0.717, 1.165) is 0 Å². The average Bonchev–Trinajstić information content (AvgIpc) is 2.80. The van der Waals surface area contributed by atoms with Crippen molar-refractivity contribution in [3.05, 3.63) is 113 Å². The molecule has 0 aliphatic heterocycles. The summed E-state index contributed by atoms with van der Waals surface area (Å²) in [4.78, 5) is 37.3. The number of benzene rings is 3. The van der Waals surface area contributed by atoms with Gasteiger partial charge in [-0.1, -0.05) is 66.7 Å². The highest BCUT2D eigenvalue weighted by Gasteiger charge is 2.23. The Bertz CT molecular complexity index is 1130. The Kier molecular flexibility index (Phi) is 7.48. The van der Waals surface area contributed by atoms with Crippen LogP contribution in [0.4, 0.5) is 4.39 Å². The van der Waals surface area contributed by atoms with Crippen LogP contribution in [0.15, 0.2) is 90.6 Å². The molecule has 32 heavy (non-hydrogen) atoms. The van der Waals surface area contributed by atoms with Gasteiger partial charge in [-0.05, 0) is 29.8 Å². The minimum Gasteiger partial charge on any atom is -0.480 e. The maximum Gasteiger partial charge on any atom is 0.326 e. The van der Waals surface area contributed by atoms with E-state index in [1.807, 2.05) is 0 Å². The fraction of sp³-hybridized carbons (Fsp3) is 0.0800. The maximum atomic E-state index is 14.2. The summed E-state index contributed by atoms with van der Waals surface area (Å²) in [6.07, 6.45) is 1.22. The molecule has 0 spiro atoms. The summed E-state index contributed by atoms with van der Waals surface area (Å²) in [7, 11) is 0. The monoisotopic (exact) mass is 432 g/mol. The van der Waals surface area contributed by atoms with Gasteiger partial charge in [0.15, 0.2) is 0 Å². The van der Waals surface area contributed by atoms with Gasteiger partial charge in [0.25, 0.3) is 11.8 Å². The van der Waals surface area contributed by atoms with Gasteiger partial charge in [0, 0.05) is 17.5 Å². The zero-order valence-electron chi connectivity index (χ0n) is 17.0. The van der Waals surface area contributed by atoms with Gasteiger partial charge in [0.2, 0.25) is 0 Å². The summed E-state index contributed by atoms with van der Waals surface area (Å²) < 4.78 is 14.2. The van der Waals surface area contributed by atoms with E-state index >= 15 is 0 Å². The van der Waals surface area contributed by atoms with Crippen LogP contribution in [-0.4, -0.2) is 28.9 Å². The first-order valence-corrected chi connectivity index (χ1v) is 9.84. The number of rotatable bonds is 8. The summed E-state index contributed by atoms with van der Waals surface area (Å²) >= 11 is 0. The molecule has 6 nitrogen and oxygen atoms in total. The first kappa shape index (κ1) is 22.4. The number of hydrogen-bond acceptors (Lipinski definition) is 3. The number of nitrogens with one attached hydrogen (secondary N) is 2. The number of hydrogen-bond donors (Lipinski definition) is 3. The highest BCUT2D eigenvalue weighted by Crippen LogP contribution is 2.12. The molecular weight excluding hydrogens is 411 g/mol. The lowest BCUT2D eigenvalue weighted by atomic mass is 10.1. The van der Waals surface area contributed by atoms with Crippen molar-refractivity contribution in [3.8, 4) is 0 Å². The summed E-state index contributed by atoms with van der Waals surface area (Å²) in [6, 6.07) is 21.5. The van der Waals surface area contributed by atoms with Crippen molar-refractivity contribution in [1.29, 1.82) is 0 Å². The molecular formula is C25H21FN2O4. The normalized spacial score (nSPS) is 12.0. The molecule has 3 rings (SSSR count). The van der Waals surface area contributed by atoms with Crippen LogP contribution in [-0.2, 0) is 16.0 Å². The van der Waals surface area contributed by atoms with Crippen LogP contribution in [0.2, 0.25) is 0 Å². The molecule has 3 aromatic carbocycles. The third-order valence-electron chi connectivity index (χ3n) is 4.62. The molecule has 0 fully saturated rings. The second-order valence-electron chi connectivity index (χ2n) is 6.95. The zero-order valence-corrected chi connectivity index (χ0v) is 17.0. The molecule has 2 amide bonds. The lowest BCUT2D eigenvalue weighted by Crippen LogP contribution is -2.45. The van der Waals surface area contributed by atoms with Gasteiger partial charge < -0.3 is 15.7 Å². The Hall–Kier alpha value is -4.26. The minimum absolute atomic E-state index is 0.0432.